The summed E-state index contributed by atoms with van der Waals surface area (Å²) in [7, 11) is 0. The average molecular weight is 421 g/mol. The van der Waals surface area contributed by atoms with Gasteiger partial charge in [-0.2, -0.15) is 0 Å². The van der Waals surface area contributed by atoms with Gasteiger partial charge in [0.05, 0.1) is 5.92 Å². The van der Waals surface area contributed by atoms with Gasteiger partial charge in [0, 0.05) is 25.2 Å². The van der Waals surface area contributed by atoms with E-state index >= 15 is 0 Å². The Labute approximate surface area is 185 Å². The van der Waals surface area contributed by atoms with Crippen molar-refractivity contribution in [1.29, 1.82) is 0 Å². The normalized spacial score (nSPS) is 23.3. The van der Waals surface area contributed by atoms with Gasteiger partial charge in [-0.15, -0.1) is 0 Å². The summed E-state index contributed by atoms with van der Waals surface area (Å²) in [5, 5.41) is 0. The van der Waals surface area contributed by atoms with Gasteiger partial charge in [-0.05, 0) is 51.2 Å². The minimum absolute atomic E-state index is 0.0427. The number of rotatable bonds is 5. The van der Waals surface area contributed by atoms with E-state index < -0.39 is 11.7 Å². The molecule has 2 fully saturated rings. The Kier molecular flexibility index (Phi) is 6.15. The van der Waals surface area contributed by atoms with E-state index in [1.165, 1.54) is 16.0 Å². The van der Waals surface area contributed by atoms with Crippen molar-refractivity contribution in [2.45, 2.75) is 70.8 Å². The van der Waals surface area contributed by atoms with Crippen LogP contribution in [0.15, 0.2) is 60.7 Å². The largest absolute Gasteiger partial charge is 0.443 e. The van der Waals surface area contributed by atoms with Crippen LogP contribution >= 0.6 is 0 Å². The van der Waals surface area contributed by atoms with Crippen molar-refractivity contribution >= 4 is 12.0 Å². The molecule has 3 unspecified atom stereocenters. The molecule has 2 amide bonds. The number of ether oxygens (including phenoxy) is 1. The van der Waals surface area contributed by atoms with Crippen LogP contribution in [0.25, 0.3) is 0 Å². The summed E-state index contributed by atoms with van der Waals surface area (Å²) in [6, 6.07) is 20.9. The zero-order valence-corrected chi connectivity index (χ0v) is 18.7. The minimum atomic E-state index is -0.611. The molecule has 1 saturated carbocycles. The van der Waals surface area contributed by atoms with Gasteiger partial charge in [0.15, 0.2) is 0 Å². The van der Waals surface area contributed by atoms with Crippen molar-refractivity contribution in [3.05, 3.63) is 71.8 Å². The van der Waals surface area contributed by atoms with E-state index in [0.29, 0.717) is 0 Å². The number of imide groups is 1. The van der Waals surface area contributed by atoms with E-state index in [9.17, 15) is 9.59 Å². The van der Waals surface area contributed by atoms with Gasteiger partial charge in [0.25, 0.3) is 0 Å². The summed E-state index contributed by atoms with van der Waals surface area (Å²) in [5.41, 5.74) is 1.85. The lowest BCUT2D eigenvalue weighted by atomic mass is 9.84. The fourth-order valence-electron chi connectivity index (χ4n) is 4.90. The highest BCUT2D eigenvalue weighted by Gasteiger charge is 2.51. The molecule has 1 saturated heterocycles. The Morgan fingerprint density at radius 1 is 0.968 bits per heavy atom. The van der Waals surface area contributed by atoms with Gasteiger partial charge in [-0.25, -0.2) is 9.69 Å². The Balaban J connectivity index is 1.56. The van der Waals surface area contributed by atoms with Crippen molar-refractivity contribution in [2.75, 3.05) is 0 Å². The van der Waals surface area contributed by atoms with Crippen LogP contribution < -0.4 is 0 Å². The molecule has 2 aromatic rings. The number of amides is 2. The van der Waals surface area contributed by atoms with E-state index in [1.807, 2.05) is 32.9 Å². The molecule has 1 aliphatic heterocycles. The van der Waals surface area contributed by atoms with Gasteiger partial charge in [-0.1, -0.05) is 60.7 Å². The Morgan fingerprint density at radius 2 is 1.52 bits per heavy atom. The maximum atomic E-state index is 13.3. The molecule has 0 radical (unpaired) electrons. The van der Waals surface area contributed by atoms with Crippen molar-refractivity contribution in [1.82, 2.24) is 9.80 Å². The molecule has 1 heterocycles. The number of carbonyl (C=O) groups excluding carboxylic acids is 2. The van der Waals surface area contributed by atoms with E-state index in [2.05, 4.69) is 53.4 Å². The van der Waals surface area contributed by atoms with E-state index in [0.717, 1.165) is 32.4 Å². The third kappa shape index (κ3) is 4.99. The maximum absolute atomic E-state index is 13.3. The zero-order valence-electron chi connectivity index (χ0n) is 18.7. The van der Waals surface area contributed by atoms with Crippen LogP contribution in [0.2, 0.25) is 0 Å². The van der Waals surface area contributed by atoms with Crippen LogP contribution in [0, 0.1) is 5.92 Å². The number of hydrogen-bond donors (Lipinski definition) is 0. The van der Waals surface area contributed by atoms with Crippen molar-refractivity contribution in [3.63, 3.8) is 0 Å². The predicted molar refractivity (Wildman–Crippen MR) is 120 cm³/mol. The second kappa shape index (κ2) is 8.83. The second-order valence-electron chi connectivity index (χ2n) is 9.71. The highest BCUT2D eigenvalue weighted by molar-refractivity contribution is 5.96. The van der Waals surface area contributed by atoms with E-state index in [1.54, 1.807) is 0 Å². The molecule has 2 bridgehead atoms. The van der Waals surface area contributed by atoms with Crippen molar-refractivity contribution < 1.29 is 14.3 Å². The second-order valence-corrected chi connectivity index (χ2v) is 9.71. The summed E-state index contributed by atoms with van der Waals surface area (Å²) in [6.07, 6.45) is 1.96. The molecule has 164 valence electrons. The van der Waals surface area contributed by atoms with Gasteiger partial charge in [0.2, 0.25) is 5.91 Å². The van der Waals surface area contributed by atoms with Gasteiger partial charge < -0.3 is 4.74 Å². The molecule has 0 spiro atoms. The summed E-state index contributed by atoms with van der Waals surface area (Å²) in [4.78, 5) is 29.9. The third-order valence-corrected chi connectivity index (χ3v) is 6.22. The number of benzene rings is 2. The number of carbonyl (C=O) groups is 2. The van der Waals surface area contributed by atoms with Crippen molar-refractivity contribution in [3.8, 4) is 0 Å². The lowest BCUT2D eigenvalue weighted by Crippen LogP contribution is -2.44. The number of likely N-dealkylation sites (tertiary alicyclic amines) is 1. The van der Waals surface area contributed by atoms with E-state index in [-0.39, 0.29) is 23.9 Å². The predicted octanol–water partition coefficient (Wildman–Crippen LogP) is 5.00. The highest BCUT2D eigenvalue weighted by atomic mass is 16.6. The lowest BCUT2D eigenvalue weighted by molar-refractivity contribution is -0.132. The summed E-state index contributed by atoms with van der Waals surface area (Å²) in [5.74, 6) is -0.244. The Morgan fingerprint density at radius 3 is 2.03 bits per heavy atom. The van der Waals surface area contributed by atoms with Crippen LogP contribution in [-0.4, -0.2) is 39.5 Å². The molecule has 31 heavy (non-hydrogen) atoms. The maximum Gasteiger partial charge on any atom is 0.417 e. The Bertz CT molecular complexity index is 866. The minimum Gasteiger partial charge on any atom is -0.443 e. The molecule has 5 heteroatoms. The van der Waals surface area contributed by atoms with Crippen LogP contribution in [0.4, 0.5) is 4.79 Å². The standard InChI is InChI=1S/C26H32N2O3/c1-26(2,3)31-25(30)28-21-14-15-23(22(16-21)24(28)29)27(17-19-10-6-4-7-11-19)18-20-12-8-5-9-13-20/h4-13,21-23H,14-18H2,1-3H3. The molecule has 2 aliphatic rings. The van der Waals surface area contributed by atoms with E-state index in [4.69, 9.17) is 4.74 Å². The van der Waals surface area contributed by atoms with Crippen molar-refractivity contribution in [2.24, 2.45) is 5.92 Å². The van der Waals surface area contributed by atoms with Crippen LogP contribution in [0.1, 0.15) is 51.2 Å². The fourth-order valence-corrected chi connectivity index (χ4v) is 4.90. The number of fused-ring (bicyclic) bond motifs is 2. The SMILES string of the molecule is CC(C)(C)OC(=O)N1C(=O)C2CC1CCC2N(Cc1ccccc1)Cc1ccccc1. The first-order chi connectivity index (χ1) is 14.8. The molecule has 3 atom stereocenters. The molecule has 4 rings (SSSR count). The van der Waals surface area contributed by atoms with Gasteiger partial charge in [-0.3, -0.25) is 9.69 Å². The lowest BCUT2D eigenvalue weighted by Gasteiger charge is -2.37. The molecular formula is C26H32N2O3. The summed E-state index contributed by atoms with van der Waals surface area (Å²) >= 11 is 0. The highest BCUT2D eigenvalue weighted by Crippen LogP contribution is 2.40. The molecular weight excluding hydrogens is 388 g/mol. The first-order valence-corrected chi connectivity index (χ1v) is 11.2. The molecule has 0 N–H and O–H groups in total. The molecule has 1 aliphatic carbocycles. The van der Waals surface area contributed by atoms with Crippen LogP contribution in [0.5, 0.6) is 0 Å². The zero-order chi connectivity index (χ0) is 22.0. The summed E-state index contributed by atoms with van der Waals surface area (Å²) in [6.45, 7) is 7.06. The molecule has 5 nitrogen and oxygen atoms in total. The molecule has 0 aromatic heterocycles. The topological polar surface area (TPSA) is 49.9 Å². The first-order valence-electron chi connectivity index (χ1n) is 11.2. The smallest absolute Gasteiger partial charge is 0.417 e. The average Bonchev–Trinajstić information content (AvgIpc) is 2.98. The Hall–Kier alpha value is -2.66. The molecule has 2 aromatic carbocycles. The van der Waals surface area contributed by atoms with Crippen LogP contribution in [-0.2, 0) is 22.6 Å². The monoisotopic (exact) mass is 420 g/mol. The first kappa shape index (κ1) is 21.6. The van der Waals surface area contributed by atoms with Crippen LogP contribution in [0.3, 0.4) is 0 Å². The van der Waals surface area contributed by atoms with Gasteiger partial charge in [0.1, 0.15) is 5.60 Å². The number of nitrogens with zero attached hydrogens (tertiary/aromatic N) is 2. The van der Waals surface area contributed by atoms with Gasteiger partial charge >= 0.3 is 6.09 Å². The quantitative estimate of drug-likeness (QED) is 0.683. The third-order valence-electron chi connectivity index (χ3n) is 6.22. The summed E-state index contributed by atoms with van der Waals surface area (Å²) < 4.78 is 5.54. The number of hydrogen-bond acceptors (Lipinski definition) is 4. The fraction of sp³-hybridized carbons (Fsp3) is 0.462.